The molecule has 0 saturated carbocycles. The molecule has 0 spiro atoms. The van der Waals surface area contributed by atoms with Crippen LogP contribution >= 0.6 is 15.9 Å². The summed E-state index contributed by atoms with van der Waals surface area (Å²) < 4.78 is 7.03. The molecule has 0 aliphatic carbocycles. The molecule has 3 heteroatoms. The average molecular weight is 356 g/mol. The quantitative estimate of drug-likeness (QED) is 0.641. The Bertz CT molecular complexity index is 383. The second-order valence-corrected chi connectivity index (χ2v) is 7.57. The van der Waals surface area contributed by atoms with Crippen LogP contribution in [-0.2, 0) is 11.2 Å². The zero-order valence-electron chi connectivity index (χ0n) is 13.9. The Morgan fingerprint density at radius 2 is 1.86 bits per heavy atom. The van der Waals surface area contributed by atoms with Gasteiger partial charge in [-0.2, -0.15) is 0 Å². The van der Waals surface area contributed by atoms with Crippen molar-refractivity contribution in [2.45, 2.75) is 52.6 Å². The standard InChI is InChI=1S/C18H30BrNO/c1-5-11-20-14-16(10-12-21-18(2,3)4)13-15-6-8-17(19)9-7-15/h6-9,16,20H,5,10-14H2,1-4H3. The Labute approximate surface area is 138 Å². The molecule has 0 aliphatic heterocycles. The minimum Gasteiger partial charge on any atom is -0.376 e. The van der Waals surface area contributed by atoms with Gasteiger partial charge in [0.2, 0.25) is 0 Å². The number of hydrogen-bond acceptors (Lipinski definition) is 2. The fourth-order valence-electron chi connectivity index (χ4n) is 2.24. The average Bonchev–Trinajstić information content (AvgIpc) is 2.40. The van der Waals surface area contributed by atoms with Crippen molar-refractivity contribution in [2.75, 3.05) is 19.7 Å². The Morgan fingerprint density at radius 3 is 2.43 bits per heavy atom. The van der Waals surface area contributed by atoms with E-state index in [1.807, 2.05) is 0 Å². The van der Waals surface area contributed by atoms with Gasteiger partial charge in [-0.1, -0.05) is 35.0 Å². The topological polar surface area (TPSA) is 21.3 Å². The summed E-state index contributed by atoms with van der Waals surface area (Å²) in [4.78, 5) is 0. The highest BCUT2D eigenvalue weighted by Gasteiger charge is 2.14. The van der Waals surface area contributed by atoms with Crippen LogP contribution < -0.4 is 5.32 Å². The molecular weight excluding hydrogens is 326 g/mol. The smallest absolute Gasteiger partial charge is 0.0598 e. The van der Waals surface area contributed by atoms with E-state index in [4.69, 9.17) is 4.74 Å². The molecule has 1 N–H and O–H groups in total. The normalized spacial score (nSPS) is 13.4. The molecule has 2 nitrogen and oxygen atoms in total. The summed E-state index contributed by atoms with van der Waals surface area (Å²) in [6, 6.07) is 8.66. The first-order valence-corrected chi connectivity index (χ1v) is 8.79. The summed E-state index contributed by atoms with van der Waals surface area (Å²) in [7, 11) is 0. The van der Waals surface area contributed by atoms with E-state index in [-0.39, 0.29) is 5.60 Å². The third-order valence-corrected chi connectivity index (χ3v) is 3.89. The van der Waals surface area contributed by atoms with Crippen LogP contribution in [0.1, 0.15) is 46.1 Å². The Morgan fingerprint density at radius 1 is 1.19 bits per heavy atom. The molecule has 21 heavy (non-hydrogen) atoms. The molecule has 0 bridgehead atoms. The largest absolute Gasteiger partial charge is 0.376 e. The second-order valence-electron chi connectivity index (χ2n) is 6.65. The predicted molar refractivity (Wildman–Crippen MR) is 94.8 cm³/mol. The number of ether oxygens (including phenoxy) is 1. The molecule has 1 rings (SSSR count). The van der Waals surface area contributed by atoms with Crippen molar-refractivity contribution in [3.63, 3.8) is 0 Å². The lowest BCUT2D eigenvalue weighted by Crippen LogP contribution is -2.27. The van der Waals surface area contributed by atoms with Gasteiger partial charge < -0.3 is 10.1 Å². The van der Waals surface area contributed by atoms with Crippen LogP contribution in [0.2, 0.25) is 0 Å². The molecule has 0 fully saturated rings. The van der Waals surface area contributed by atoms with E-state index in [2.05, 4.69) is 73.2 Å². The first kappa shape index (κ1) is 18.7. The van der Waals surface area contributed by atoms with E-state index < -0.39 is 0 Å². The number of benzene rings is 1. The zero-order chi connectivity index (χ0) is 15.7. The first-order valence-electron chi connectivity index (χ1n) is 8.00. The number of rotatable bonds is 9. The van der Waals surface area contributed by atoms with Gasteiger partial charge in [-0.05, 0) is 76.7 Å². The monoisotopic (exact) mass is 355 g/mol. The maximum Gasteiger partial charge on any atom is 0.0598 e. The molecule has 1 aromatic carbocycles. The van der Waals surface area contributed by atoms with Gasteiger partial charge in [0.25, 0.3) is 0 Å². The summed E-state index contributed by atoms with van der Waals surface area (Å²) in [5.74, 6) is 0.625. The number of nitrogens with one attached hydrogen (secondary N) is 1. The lowest BCUT2D eigenvalue weighted by Gasteiger charge is -2.23. The summed E-state index contributed by atoms with van der Waals surface area (Å²) in [5.41, 5.74) is 1.36. The van der Waals surface area contributed by atoms with E-state index >= 15 is 0 Å². The third kappa shape index (κ3) is 9.28. The van der Waals surface area contributed by atoms with Crippen molar-refractivity contribution < 1.29 is 4.74 Å². The molecule has 0 saturated heterocycles. The van der Waals surface area contributed by atoms with E-state index in [0.717, 1.165) is 37.0 Å². The van der Waals surface area contributed by atoms with Crippen LogP contribution in [0.5, 0.6) is 0 Å². The molecule has 1 aromatic rings. The van der Waals surface area contributed by atoms with Crippen LogP contribution in [0.4, 0.5) is 0 Å². The van der Waals surface area contributed by atoms with E-state index in [1.54, 1.807) is 0 Å². The van der Waals surface area contributed by atoms with Crippen LogP contribution in [0.15, 0.2) is 28.7 Å². The van der Waals surface area contributed by atoms with Crippen molar-refractivity contribution >= 4 is 15.9 Å². The van der Waals surface area contributed by atoms with Crippen molar-refractivity contribution in [3.05, 3.63) is 34.3 Å². The van der Waals surface area contributed by atoms with Crippen molar-refractivity contribution in [1.82, 2.24) is 5.32 Å². The predicted octanol–water partition coefficient (Wildman–Crippen LogP) is 4.81. The highest BCUT2D eigenvalue weighted by molar-refractivity contribution is 9.10. The van der Waals surface area contributed by atoms with E-state index in [1.165, 1.54) is 12.0 Å². The second kappa shape index (κ2) is 9.60. The highest BCUT2D eigenvalue weighted by Crippen LogP contribution is 2.17. The molecule has 1 unspecified atom stereocenters. The number of halogens is 1. The summed E-state index contributed by atoms with van der Waals surface area (Å²) in [6.07, 6.45) is 3.39. The van der Waals surface area contributed by atoms with Gasteiger partial charge in [0.15, 0.2) is 0 Å². The minimum absolute atomic E-state index is 0.0427. The van der Waals surface area contributed by atoms with E-state index in [0.29, 0.717) is 5.92 Å². The van der Waals surface area contributed by atoms with E-state index in [9.17, 15) is 0 Å². The molecule has 0 aliphatic rings. The van der Waals surface area contributed by atoms with Gasteiger partial charge in [-0.15, -0.1) is 0 Å². The molecule has 1 atom stereocenters. The fraction of sp³-hybridized carbons (Fsp3) is 0.667. The molecule has 0 heterocycles. The lowest BCUT2D eigenvalue weighted by atomic mass is 9.96. The fourth-order valence-corrected chi connectivity index (χ4v) is 2.51. The van der Waals surface area contributed by atoms with Crippen LogP contribution in [0.3, 0.4) is 0 Å². The highest BCUT2D eigenvalue weighted by atomic mass is 79.9. The maximum atomic E-state index is 5.89. The Hall–Kier alpha value is -0.380. The van der Waals surface area contributed by atoms with Gasteiger partial charge in [0, 0.05) is 11.1 Å². The maximum absolute atomic E-state index is 5.89. The van der Waals surface area contributed by atoms with Gasteiger partial charge in [-0.3, -0.25) is 0 Å². The van der Waals surface area contributed by atoms with Crippen LogP contribution in [-0.4, -0.2) is 25.3 Å². The molecule has 0 amide bonds. The Balaban J connectivity index is 2.48. The molecule has 0 radical (unpaired) electrons. The third-order valence-electron chi connectivity index (χ3n) is 3.36. The van der Waals surface area contributed by atoms with Crippen molar-refractivity contribution in [2.24, 2.45) is 5.92 Å². The lowest BCUT2D eigenvalue weighted by molar-refractivity contribution is -0.00919. The van der Waals surface area contributed by atoms with Gasteiger partial charge in [0.05, 0.1) is 5.60 Å². The van der Waals surface area contributed by atoms with Gasteiger partial charge >= 0.3 is 0 Å². The molecule has 120 valence electrons. The summed E-state index contributed by atoms with van der Waals surface area (Å²) in [6.45, 7) is 11.6. The number of hydrogen-bond donors (Lipinski definition) is 1. The van der Waals surface area contributed by atoms with Crippen LogP contribution in [0.25, 0.3) is 0 Å². The van der Waals surface area contributed by atoms with Crippen molar-refractivity contribution in [1.29, 1.82) is 0 Å². The summed E-state index contributed by atoms with van der Waals surface area (Å²) in [5, 5.41) is 3.55. The van der Waals surface area contributed by atoms with Crippen LogP contribution in [0, 0.1) is 5.92 Å². The minimum atomic E-state index is -0.0427. The Kier molecular flexibility index (Phi) is 8.53. The SMILES string of the molecule is CCCNCC(CCOC(C)(C)C)Cc1ccc(Br)cc1. The molecule has 0 aromatic heterocycles. The zero-order valence-corrected chi connectivity index (χ0v) is 15.5. The summed E-state index contributed by atoms with van der Waals surface area (Å²) >= 11 is 3.49. The van der Waals surface area contributed by atoms with Gasteiger partial charge in [0.1, 0.15) is 0 Å². The molecular formula is C18H30BrNO. The van der Waals surface area contributed by atoms with Crippen molar-refractivity contribution in [3.8, 4) is 0 Å². The first-order chi connectivity index (χ1) is 9.90. The van der Waals surface area contributed by atoms with Gasteiger partial charge in [-0.25, -0.2) is 0 Å².